The molecule has 0 radical (unpaired) electrons. The summed E-state index contributed by atoms with van der Waals surface area (Å²) in [7, 11) is 3.97. The molecule has 8 heteroatoms. The molecule has 2 aromatic heterocycles. The molecule has 108 valence electrons. The first-order valence-electron chi connectivity index (χ1n) is 6.25. The quantitative estimate of drug-likeness (QED) is 0.656. The Kier molecular flexibility index (Phi) is 4.36. The molecule has 2 aromatic rings. The predicted molar refractivity (Wildman–Crippen MR) is 74.0 cm³/mol. The molecular weight excluding hydrogens is 260 g/mol. The van der Waals surface area contributed by atoms with E-state index < -0.39 is 0 Å². The van der Waals surface area contributed by atoms with Gasteiger partial charge in [0.15, 0.2) is 11.5 Å². The lowest BCUT2D eigenvalue weighted by Crippen LogP contribution is -2.27. The molecule has 0 spiro atoms. The molecule has 0 saturated heterocycles. The molecule has 0 aliphatic carbocycles. The minimum Gasteiger partial charge on any atom is -0.442 e. The van der Waals surface area contributed by atoms with Crippen LogP contribution in [0.2, 0.25) is 0 Å². The number of imidazole rings is 1. The van der Waals surface area contributed by atoms with Gasteiger partial charge >= 0.3 is 0 Å². The predicted octanol–water partition coefficient (Wildman–Crippen LogP) is 0.328. The Hall–Kier alpha value is -2.35. The molecule has 0 saturated carbocycles. The van der Waals surface area contributed by atoms with Crippen molar-refractivity contribution < 1.29 is 9.21 Å². The van der Waals surface area contributed by atoms with Gasteiger partial charge in [0, 0.05) is 6.54 Å². The van der Waals surface area contributed by atoms with Gasteiger partial charge in [0.25, 0.3) is 5.91 Å². The highest BCUT2D eigenvalue weighted by Gasteiger charge is 2.15. The van der Waals surface area contributed by atoms with Crippen molar-refractivity contribution >= 4 is 11.7 Å². The van der Waals surface area contributed by atoms with E-state index in [1.165, 1.54) is 12.6 Å². The second-order valence-electron chi connectivity index (χ2n) is 4.61. The number of nitrogens with zero attached hydrogens (tertiary/aromatic N) is 3. The molecule has 4 N–H and O–H groups in total. The average Bonchev–Trinajstić information content (AvgIpc) is 3.02. The molecule has 0 aliphatic heterocycles. The summed E-state index contributed by atoms with van der Waals surface area (Å²) < 4.78 is 5.22. The number of anilines is 1. The van der Waals surface area contributed by atoms with Crippen LogP contribution in [0.15, 0.2) is 17.0 Å². The van der Waals surface area contributed by atoms with Crippen LogP contribution >= 0.6 is 0 Å². The maximum absolute atomic E-state index is 11.9. The van der Waals surface area contributed by atoms with E-state index in [0.717, 1.165) is 13.0 Å². The number of hydrogen-bond donors (Lipinski definition) is 3. The van der Waals surface area contributed by atoms with E-state index in [4.69, 9.17) is 10.2 Å². The highest BCUT2D eigenvalue weighted by atomic mass is 16.3. The first-order valence-corrected chi connectivity index (χ1v) is 6.25. The van der Waals surface area contributed by atoms with Gasteiger partial charge in [0.1, 0.15) is 12.0 Å². The van der Waals surface area contributed by atoms with Crippen molar-refractivity contribution in [3.63, 3.8) is 0 Å². The van der Waals surface area contributed by atoms with Crippen molar-refractivity contribution in [1.82, 2.24) is 25.2 Å². The van der Waals surface area contributed by atoms with Gasteiger partial charge in [-0.15, -0.1) is 0 Å². The second kappa shape index (κ2) is 6.20. The number of oxazole rings is 1. The molecule has 0 aromatic carbocycles. The Labute approximate surface area is 116 Å². The van der Waals surface area contributed by atoms with E-state index >= 15 is 0 Å². The van der Waals surface area contributed by atoms with Gasteiger partial charge in [-0.25, -0.2) is 9.97 Å². The van der Waals surface area contributed by atoms with Crippen LogP contribution in [0.3, 0.4) is 0 Å². The average molecular weight is 278 g/mol. The molecule has 20 heavy (non-hydrogen) atoms. The van der Waals surface area contributed by atoms with Gasteiger partial charge in [-0.2, -0.15) is 0 Å². The van der Waals surface area contributed by atoms with Crippen molar-refractivity contribution in [2.45, 2.75) is 6.42 Å². The maximum atomic E-state index is 11.9. The van der Waals surface area contributed by atoms with Crippen molar-refractivity contribution in [2.24, 2.45) is 0 Å². The molecule has 8 nitrogen and oxygen atoms in total. The van der Waals surface area contributed by atoms with E-state index in [1.807, 2.05) is 14.1 Å². The van der Waals surface area contributed by atoms with Gasteiger partial charge in [-0.3, -0.25) is 4.79 Å². The number of carbonyl (C=O) groups excluding carboxylic acids is 1. The third-order valence-corrected chi connectivity index (χ3v) is 2.69. The van der Waals surface area contributed by atoms with Gasteiger partial charge < -0.3 is 25.4 Å². The van der Waals surface area contributed by atoms with E-state index in [-0.39, 0.29) is 23.3 Å². The number of nitrogens with one attached hydrogen (secondary N) is 2. The monoisotopic (exact) mass is 278 g/mol. The van der Waals surface area contributed by atoms with Crippen LogP contribution in [-0.4, -0.2) is 52.9 Å². The van der Waals surface area contributed by atoms with Crippen LogP contribution in [0.25, 0.3) is 11.6 Å². The number of aromatic nitrogens is 3. The fourth-order valence-corrected chi connectivity index (χ4v) is 1.66. The van der Waals surface area contributed by atoms with Crippen LogP contribution in [0.1, 0.15) is 16.9 Å². The van der Waals surface area contributed by atoms with E-state index in [0.29, 0.717) is 12.2 Å². The van der Waals surface area contributed by atoms with Crippen molar-refractivity contribution in [3.8, 4) is 11.6 Å². The summed E-state index contributed by atoms with van der Waals surface area (Å²) in [5, 5.41) is 2.78. The molecular formula is C12H18N6O2. The Morgan fingerprint density at radius 3 is 3.00 bits per heavy atom. The van der Waals surface area contributed by atoms with Crippen molar-refractivity contribution in [3.05, 3.63) is 18.3 Å². The van der Waals surface area contributed by atoms with E-state index in [9.17, 15) is 4.79 Å². The maximum Gasteiger partial charge on any atom is 0.273 e. The van der Waals surface area contributed by atoms with Gasteiger partial charge in [0.05, 0.1) is 6.33 Å². The number of aromatic amines is 1. The van der Waals surface area contributed by atoms with Crippen LogP contribution in [0.5, 0.6) is 0 Å². The molecule has 0 unspecified atom stereocenters. The smallest absolute Gasteiger partial charge is 0.273 e. The Bertz CT molecular complexity index is 574. The standard InChI is InChI=1S/C12H18N6O2/c1-18(2)5-3-4-14-11(19)8-6-20-12(17-8)9-10(13)16-7-15-9/h6-7H,3-5,13H2,1-2H3,(H,14,19)(H,15,16). The zero-order chi connectivity index (χ0) is 14.5. The third-order valence-electron chi connectivity index (χ3n) is 2.69. The van der Waals surface area contributed by atoms with Crippen molar-refractivity contribution in [2.75, 3.05) is 32.9 Å². The number of carbonyl (C=O) groups is 1. The summed E-state index contributed by atoms with van der Waals surface area (Å²) >= 11 is 0. The molecule has 0 bridgehead atoms. The lowest BCUT2D eigenvalue weighted by Gasteiger charge is -2.08. The summed E-state index contributed by atoms with van der Waals surface area (Å²) in [6.07, 6.45) is 3.61. The lowest BCUT2D eigenvalue weighted by molar-refractivity contribution is 0.0947. The Morgan fingerprint density at radius 2 is 2.35 bits per heavy atom. The topological polar surface area (TPSA) is 113 Å². The fraction of sp³-hybridized carbons (Fsp3) is 0.417. The zero-order valence-electron chi connectivity index (χ0n) is 11.5. The number of H-pyrrole nitrogens is 1. The van der Waals surface area contributed by atoms with Gasteiger partial charge in [-0.05, 0) is 27.1 Å². The number of nitrogens with two attached hydrogens (primary N) is 1. The second-order valence-corrected chi connectivity index (χ2v) is 4.61. The summed E-state index contributed by atoms with van der Waals surface area (Å²) in [5.74, 6) is 0.264. The minimum atomic E-state index is -0.267. The number of hydrogen-bond acceptors (Lipinski definition) is 6. The lowest BCUT2D eigenvalue weighted by atomic mass is 10.3. The highest BCUT2D eigenvalue weighted by Crippen LogP contribution is 2.20. The summed E-state index contributed by atoms with van der Waals surface area (Å²) in [5.41, 5.74) is 6.33. The Morgan fingerprint density at radius 1 is 1.55 bits per heavy atom. The first kappa shape index (κ1) is 14.1. The highest BCUT2D eigenvalue weighted by molar-refractivity contribution is 5.92. The summed E-state index contributed by atoms with van der Waals surface area (Å²) in [6.45, 7) is 1.50. The minimum absolute atomic E-state index is 0.221. The van der Waals surface area contributed by atoms with Crippen LogP contribution in [-0.2, 0) is 0 Å². The largest absolute Gasteiger partial charge is 0.442 e. The SMILES string of the molecule is CN(C)CCCNC(=O)c1coc(-c2[nH]cnc2N)n1. The Balaban J connectivity index is 1.92. The zero-order valence-corrected chi connectivity index (χ0v) is 11.5. The first-order chi connectivity index (χ1) is 9.58. The summed E-state index contributed by atoms with van der Waals surface area (Å²) in [4.78, 5) is 24.6. The molecule has 0 atom stereocenters. The molecule has 1 amide bonds. The number of nitrogen functional groups attached to an aromatic ring is 1. The van der Waals surface area contributed by atoms with Gasteiger partial charge in [-0.1, -0.05) is 0 Å². The van der Waals surface area contributed by atoms with Crippen LogP contribution in [0, 0.1) is 0 Å². The number of amides is 1. The van der Waals surface area contributed by atoms with Crippen molar-refractivity contribution in [1.29, 1.82) is 0 Å². The molecule has 2 heterocycles. The molecule has 2 rings (SSSR count). The number of rotatable bonds is 6. The molecule has 0 aliphatic rings. The summed E-state index contributed by atoms with van der Waals surface area (Å²) in [6, 6.07) is 0. The third kappa shape index (κ3) is 3.35. The van der Waals surface area contributed by atoms with Gasteiger partial charge in [0.2, 0.25) is 5.89 Å². The normalized spacial score (nSPS) is 10.9. The van der Waals surface area contributed by atoms with Crippen LogP contribution in [0.4, 0.5) is 5.82 Å². The van der Waals surface area contributed by atoms with Crippen LogP contribution < -0.4 is 11.1 Å². The fourth-order valence-electron chi connectivity index (χ4n) is 1.66. The van der Waals surface area contributed by atoms with E-state index in [1.54, 1.807) is 0 Å². The van der Waals surface area contributed by atoms with E-state index in [2.05, 4.69) is 25.2 Å². The molecule has 0 fully saturated rings.